The number of ether oxygens (including phenoxy) is 3. The third kappa shape index (κ3) is 3.08. The van der Waals surface area contributed by atoms with Crippen molar-refractivity contribution in [1.82, 2.24) is 4.90 Å². The van der Waals surface area contributed by atoms with Gasteiger partial charge in [0.25, 0.3) is 0 Å². The summed E-state index contributed by atoms with van der Waals surface area (Å²) in [6.07, 6.45) is 1.51. The van der Waals surface area contributed by atoms with Crippen molar-refractivity contribution in [2.75, 3.05) is 27.3 Å². The summed E-state index contributed by atoms with van der Waals surface area (Å²) < 4.78 is 16.9. The van der Waals surface area contributed by atoms with E-state index >= 15 is 0 Å². The Labute approximate surface area is 147 Å². The van der Waals surface area contributed by atoms with E-state index in [1.165, 1.54) is 7.11 Å². The van der Waals surface area contributed by atoms with Gasteiger partial charge in [0, 0.05) is 43.6 Å². The number of likely N-dealkylation sites (tertiary alicyclic amines) is 1. The molecular formula is C19H23NO5. The second-order valence-corrected chi connectivity index (χ2v) is 6.66. The minimum Gasteiger partial charge on any atom is -0.496 e. The first kappa shape index (κ1) is 17.3. The maximum Gasteiger partial charge on any atom is 0.248 e. The van der Waals surface area contributed by atoms with E-state index in [2.05, 4.69) is 6.58 Å². The lowest BCUT2D eigenvalue weighted by Gasteiger charge is -2.44. The van der Waals surface area contributed by atoms with Crippen molar-refractivity contribution in [1.29, 1.82) is 0 Å². The van der Waals surface area contributed by atoms with E-state index < -0.39 is 5.60 Å². The molecule has 25 heavy (non-hydrogen) atoms. The number of fused-ring (bicyclic) bond motifs is 1. The third-order valence-electron chi connectivity index (χ3n) is 4.91. The molecule has 1 aromatic carbocycles. The number of hydrogen-bond donors (Lipinski definition) is 0. The van der Waals surface area contributed by atoms with Crippen LogP contribution < -0.4 is 14.2 Å². The number of carbonyl (C=O) groups excluding carboxylic acids is 2. The molecule has 1 saturated heterocycles. The smallest absolute Gasteiger partial charge is 0.248 e. The summed E-state index contributed by atoms with van der Waals surface area (Å²) in [5.41, 5.74) is 0.415. The van der Waals surface area contributed by atoms with E-state index in [1.54, 1.807) is 31.1 Å². The average Bonchev–Trinajstić information content (AvgIpc) is 2.60. The monoisotopic (exact) mass is 345 g/mol. The Balaban J connectivity index is 1.86. The molecule has 1 amide bonds. The lowest BCUT2D eigenvalue weighted by atomic mass is 9.82. The van der Waals surface area contributed by atoms with Crippen LogP contribution in [-0.2, 0) is 4.79 Å². The van der Waals surface area contributed by atoms with E-state index in [4.69, 9.17) is 14.2 Å². The quantitative estimate of drug-likeness (QED) is 0.788. The maximum atomic E-state index is 12.8. The predicted molar refractivity (Wildman–Crippen MR) is 92.5 cm³/mol. The number of piperidine rings is 1. The molecule has 1 aromatic rings. The van der Waals surface area contributed by atoms with Gasteiger partial charge in [-0.3, -0.25) is 9.59 Å². The van der Waals surface area contributed by atoms with Crippen LogP contribution in [0.4, 0.5) is 0 Å². The van der Waals surface area contributed by atoms with Gasteiger partial charge in [-0.2, -0.15) is 0 Å². The fourth-order valence-electron chi connectivity index (χ4n) is 3.52. The van der Waals surface area contributed by atoms with Crippen LogP contribution in [-0.4, -0.2) is 49.5 Å². The van der Waals surface area contributed by atoms with Gasteiger partial charge >= 0.3 is 0 Å². The van der Waals surface area contributed by atoms with Gasteiger partial charge in [-0.1, -0.05) is 6.58 Å². The molecule has 2 aliphatic heterocycles. The van der Waals surface area contributed by atoms with Gasteiger partial charge in [-0.15, -0.1) is 0 Å². The molecular weight excluding hydrogens is 322 g/mol. The molecule has 6 heteroatoms. The molecule has 0 aromatic heterocycles. The number of methoxy groups -OCH3 is 2. The van der Waals surface area contributed by atoms with Gasteiger partial charge in [0.1, 0.15) is 28.4 Å². The third-order valence-corrected chi connectivity index (χ3v) is 4.91. The van der Waals surface area contributed by atoms with Gasteiger partial charge in [0.05, 0.1) is 20.6 Å². The Morgan fingerprint density at radius 1 is 1.24 bits per heavy atom. The second kappa shape index (κ2) is 6.43. The van der Waals surface area contributed by atoms with Gasteiger partial charge in [0.2, 0.25) is 5.91 Å². The number of rotatable bonds is 3. The zero-order valence-corrected chi connectivity index (χ0v) is 14.9. The normalized spacial score (nSPS) is 18.4. The van der Waals surface area contributed by atoms with Crippen LogP contribution in [0.15, 0.2) is 24.3 Å². The molecule has 0 radical (unpaired) electrons. The predicted octanol–water partition coefficient (Wildman–Crippen LogP) is 2.61. The molecule has 134 valence electrons. The molecule has 2 aliphatic rings. The summed E-state index contributed by atoms with van der Waals surface area (Å²) >= 11 is 0. The molecule has 0 aliphatic carbocycles. The second-order valence-electron chi connectivity index (χ2n) is 6.66. The van der Waals surface area contributed by atoms with Crippen LogP contribution in [0.2, 0.25) is 0 Å². The lowest BCUT2D eigenvalue weighted by Crippen LogP contribution is -2.52. The number of ketones is 1. The van der Waals surface area contributed by atoms with Crippen molar-refractivity contribution >= 4 is 11.7 Å². The Bertz CT molecular complexity index is 732. The van der Waals surface area contributed by atoms with Crippen molar-refractivity contribution in [2.45, 2.75) is 31.8 Å². The molecule has 0 bridgehead atoms. The topological polar surface area (TPSA) is 65.1 Å². The van der Waals surface area contributed by atoms with Crippen LogP contribution in [0.1, 0.15) is 36.5 Å². The van der Waals surface area contributed by atoms with E-state index in [0.29, 0.717) is 54.3 Å². The molecule has 2 heterocycles. The fourth-order valence-corrected chi connectivity index (χ4v) is 3.52. The SMILES string of the molecule is C=C(C)C(=O)N1CCC2(CC1)CC(=O)c1c(OC)cc(OC)cc1O2. The van der Waals surface area contributed by atoms with Gasteiger partial charge in [-0.25, -0.2) is 0 Å². The fraction of sp³-hybridized carbons (Fsp3) is 0.474. The molecule has 3 rings (SSSR count). The van der Waals surface area contributed by atoms with Crippen molar-refractivity contribution in [3.8, 4) is 17.2 Å². The highest BCUT2D eigenvalue weighted by Crippen LogP contribution is 2.44. The van der Waals surface area contributed by atoms with Crippen LogP contribution in [0, 0.1) is 0 Å². The maximum absolute atomic E-state index is 12.8. The number of amides is 1. The molecule has 1 fully saturated rings. The van der Waals surface area contributed by atoms with Crippen molar-refractivity contribution in [3.63, 3.8) is 0 Å². The number of nitrogens with zero attached hydrogens (tertiary/aromatic N) is 1. The Hall–Kier alpha value is -2.50. The molecule has 1 spiro atoms. The summed E-state index contributed by atoms with van der Waals surface area (Å²) in [5, 5.41) is 0. The Kier molecular flexibility index (Phi) is 4.45. The summed E-state index contributed by atoms with van der Waals surface area (Å²) in [4.78, 5) is 26.6. The minimum absolute atomic E-state index is 0.000399. The van der Waals surface area contributed by atoms with E-state index in [0.717, 1.165) is 0 Å². The highest BCUT2D eigenvalue weighted by atomic mass is 16.5. The number of hydrogen-bond acceptors (Lipinski definition) is 5. The van der Waals surface area contributed by atoms with E-state index in [1.807, 2.05) is 0 Å². The molecule has 0 atom stereocenters. The zero-order chi connectivity index (χ0) is 18.2. The Morgan fingerprint density at radius 2 is 1.92 bits per heavy atom. The zero-order valence-electron chi connectivity index (χ0n) is 14.9. The minimum atomic E-state index is -0.576. The van der Waals surface area contributed by atoms with Gasteiger partial charge in [-0.05, 0) is 6.92 Å². The standard InChI is InChI=1S/C19H23NO5/c1-12(2)18(22)20-7-5-19(6-8-20)11-14(21)17-15(24-4)9-13(23-3)10-16(17)25-19/h9-10H,1,5-8,11H2,2-4H3. The molecule has 0 saturated carbocycles. The van der Waals surface area contributed by atoms with Crippen LogP contribution in [0.5, 0.6) is 17.2 Å². The first-order valence-electron chi connectivity index (χ1n) is 8.32. The van der Waals surface area contributed by atoms with Crippen molar-refractivity contribution in [2.24, 2.45) is 0 Å². The highest BCUT2D eigenvalue weighted by Gasteiger charge is 2.44. The molecule has 0 N–H and O–H groups in total. The largest absolute Gasteiger partial charge is 0.496 e. The van der Waals surface area contributed by atoms with Crippen LogP contribution in [0.25, 0.3) is 0 Å². The number of benzene rings is 1. The van der Waals surface area contributed by atoms with Crippen LogP contribution in [0.3, 0.4) is 0 Å². The van der Waals surface area contributed by atoms with Crippen LogP contribution >= 0.6 is 0 Å². The first-order valence-corrected chi connectivity index (χ1v) is 8.32. The van der Waals surface area contributed by atoms with E-state index in [9.17, 15) is 9.59 Å². The number of Topliss-reactive ketones (excluding diaryl/α,β-unsaturated/α-hetero) is 1. The van der Waals surface area contributed by atoms with Crippen molar-refractivity contribution in [3.05, 3.63) is 29.8 Å². The van der Waals surface area contributed by atoms with Gasteiger partial charge in [0.15, 0.2) is 5.78 Å². The molecule has 0 unspecified atom stereocenters. The van der Waals surface area contributed by atoms with Crippen molar-refractivity contribution < 1.29 is 23.8 Å². The Morgan fingerprint density at radius 3 is 2.48 bits per heavy atom. The van der Waals surface area contributed by atoms with Gasteiger partial charge < -0.3 is 19.1 Å². The van der Waals surface area contributed by atoms with E-state index in [-0.39, 0.29) is 18.1 Å². The highest BCUT2D eigenvalue weighted by molar-refractivity contribution is 6.03. The summed E-state index contributed by atoms with van der Waals surface area (Å²) in [6.45, 7) is 6.52. The molecule has 6 nitrogen and oxygen atoms in total. The number of carbonyl (C=O) groups is 2. The summed E-state index contributed by atoms with van der Waals surface area (Å²) in [6, 6.07) is 3.41. The first-order chi connectivity index (χ1) is 11.9. The summed E-state index contributed by atoms with van der Waals surface area (Å²) in [5.74, 6) is 1.49. The lowest BCUT2D eigenvalue weighted by molar-refractivity contribution is -0.130. The average molecular weight is 345 g/mol. The summed E-state index contributed by atoms with van der Waals surface area (Å²) in [7, 11) is 3.08.